The minimum atomic E-state index is -0.156. The van der Waals surface area contributed by atoms with Crippen LogP contribution in [0.25, 0.3) is 0 Å². The zero-order chi connectivity index (χ0) is 10.6. The fraction of sp³-hybridized carbons (Fsp3) is 0.625. The maximum absolute atomic E-state index is 11.4. The van der Waals surface area contributed by atoms with Crippen molar-refractivity contribution in [2.45, 2.75) is 31.5 Å². The van der Waals surface area contributed by atoms with Crippen LogP contribution in [0.2, 0.25) is 0 Å². The van der Waals surface area contributed by atoms with E-state index in [0.29, 0.717) is 5.13 Å². The van der Waals surface area contributed by atoms with E-state index < -0.39 is 0 Å². The molecular weight excluding hydrogens is 266 g/mol. The van der Waals surface area contributed by atoms with Crippen molar-refractivity contribution in [2.24, 2.45) is 0 Å². The second-order valence-corrected chi connectivity index (χ2v) is 4.89. The summed E-state index contributed by atoms with van der Waals surface area (Å²) in [7, 11) is 0. The molecule has 1 aromatic heterocycles. The van der Waals surface area contributed by atoms with Crippen molar-refractivity contribution in [2.75, 3.05) is 5.32 Å². The van der Waals surface area contributed by atoms with Gasteiger partial charge in [0.05, 0.1) is 4.83 Å². The lowest BCUT2D eigenvalue weighted by Gasteiger charge is -2.04. The van der Waals surface area contributed by atoms with Gasteiger partial charge >= 0.3 is 0 Å². The van der Waals surface area contributed by atoms with E-state index in [9.17, 15) is 4.79 Å². The van der Waals surface area contributed by atoms with Gasteiger partial charge in [-0.15, -0.1) is 10.2 Å². The minimum Gasteiger partial charge on any atom is -0.300 e. The molecule has 0 saturated carbocycles. The van der Waals surface area contributed by atoms with E-state index >= 15 is 0 Å². The SMILES string of the molecule is CCc1nnc(NC(=O)[C@H](Br)CC)s1. The van der Waals surface area contributed by atoms with Gasteiger partial charge < -0.3 is 0 Å². The summed E-state index contributed by atoms with van der Waals surface area (Å²) in [4.78, 5) is 11.3. The molecule has 0 aromatic carbocycles. The molecule has 0 spiro atoms. The summed E-state index contributed by atoms with van der Waals surface area (Å²) in [6.45, 7) is 3.95. The number of hydrogen-bond acceptors (Lipinski definition) is 4. The first-order valence-corrected chi connectivity index (χ1v) is 6.17. The molecule has 0 fully saturated rings. The number of nitrogens with zero attached hydrogens (tertiary/aromatic N) is 2. The highest BCUT2D eigenvalue weighted by Crippen LogP contribution is 2.17. The van der Waals surface area contributed by atoms with Crippen LogP contribution in [0.5, 0.6) is 0 Å². The van der Waals surface area contributed by atoms with Crippen molar-refractivity contribution >= 4 is 38.3 Å². The van der Waals surface area contributed by atoms with Crippen molar-refractivity contribution in [1.82, 2.24) is 10.2 Å². The molecule has 1 heterocycles. The number of amides is 1. The van der Waals surface area contributed by atoms with Crippen LogP contribution in [-0.2, 0) is 11.2 Å². The number of nitrogens with one attached hydrogen (secondary N) is 1. The molecule has 1 atom stereocenters. The fourth-order valence-corrected chi connectivity index (χ4v) is 1.61. The Hall–Kier alpha value is -0.490. The first kappa shape index (κ1) is 11.6. The van der Waals surface area contributed by atoms with Gasteiger partial charge in [-0.3, -0.25) is 10.1 Å². The van der Waals surface area contributed by atoms with Crippen molar-refractivity contribution < 1.29 is 4.79 Å². The van der Waals surface area contributed by atoms with Crippen molar-refractivity contribution in [3.8, 4) is 0 Å². The molecule has 0 saturated heterocycles. The number of carbonyl (C=O) groups is 1. The molecule has 0 unspecified atom stereocenters. The predicted octanol–water partition coefficient (Wildman–Crippen LogP) is 2.21. The van der Waals surface area contributed by atoms with E-state index in [0.717, 1.165) is 17.8 Å². The van der Waals surface area contributed by atoms with Crippen LogP contribution >= 0.6 is 27.3 Å². The van der Waals surface area contributed by atoms with Crippen LogP contribution in [0, 0.1) is 0 Å². The average molecular weight is 278 g/mol. The molecule has 6 heteroatoms. The van der Waals surface area contributed by atoms with E-state index in [2.05, 4.69) is 31.4 Å². The zero-order valence-corrected chi connectivity index (χ0v) is 10.5. The average Bonchev–Trinajstić information content (AvgIpc) is 2.64. The fourth-order valence-electron chi connectivity index (χ4n) is 0.816. The minimum absolute atomic E-state index is 0.0636. The van der Waals surface area contributed by atoms with Gasteiger partial charge in [-0.25, -0.2) is 0 Å². The van der Waals surface area contributed by atoms with Crippen LogP contribution in [-0.4, -0.2) is 20.9 Å². The van der Waals surface area contributed by atoms with Gasteiger partial charge in [0.25, 0.3) is 0 Å². The van der Waals surface area contributed by atoms with Gasteiger partial charge in [-0.05, 0) is 12.8 Å². The number of hydrogen-bond donors (Lipinski definition) is 1. The second-order valence-electron chi connectivity index (χ2n) is 2.72. The third-order valence-electron chi connectivity index (χ3n) is 1.64. The van der Waals surface area contributed by atoms with Crippen molar-refractivity contribution in [1.29, 1.82) is 0 Å². The highest BCUT2D eigenvalue weighted by atomic mass is 79.9. The first-order valence-electron chi connectivity index (χ1n) is 4.44. The summed E-state index contributed by atoms with van der Waals surface area (Å²) >= 11 is 4.68. The number of alkyl halides is 1. The lowest BCUT2D eigenvalue weighted by Crippen LogP contribution is -2.21. The van der Waals surface area contributed by atoms with E-state index in [1.54, 1.807) is 0 Å². The number of carbonyl (C=O) groups excluding carboxylic acids is 1. The van der Waals surface area contributed by atoms with Crippen LogP contribution < -0.4 is 5.32 Å². The molecule has 1 rings (SSSR count). The van der Waals surface area contributed by atoms with Crippen LogP contribution in [0.4, 0.5) is 5.13 Å². The molecule has 1 amide bonds. The molecule has 1 N–H and O–H groups in total. The summed E-state index contributed by atoms with van der Waals surface area (Å²) < 4.78 is 0. The Bertz CT molecular complexity index is 315. The van der Waals surface area contributed by atoms with Gasteiger partial charge in [-0.2, -0.15) is 0 Å². The Morgan fingerprint density at radius 2 is 2.29 bits per heavy atom. The third-order valence-corrected chi connectivity index (χ3v) is 3.69. The smallest absolute Gasteiger partial charge is 0.239 e. The summed E-state index contributed by atoms with van der Waals surface area (Å²) in [5, 5.41) is 12.0. The molecule has 1 aromatic rings. The van der Waals surface area contributed by atoms with E-state index in [1.165, 1.54) is 11.3 Å². The molecule has 4 nitrogen and oxygen atoms in total. The highest BCUT2D eigenvalue weighted by molar-refractivity contribution is 9.10. The molecule has 0 aliphatic rings. The highest BCUT2D eigenvalue weighted by Gasteiger charge is 2.14. The molecule has 0 aliphatic carbocycles. The number of rotatable bonds is 4. The summed E-state index contributed by atoms with van der Waals surface area (Å²) in [5.41, 5.74) is 0. The Morgan fingerprint density at radius 3 is 2.79 bits per heavy atom. The topological polar surface area (TPSA) is 54.9 Å². The monoisotopic (exact) mass is 277 g/mol. The third kappa shape index (κ3) is 3.02. The van der Waals surface area contributed by atoms with Crippen LogP contribution in [0.3, 0.4) is 0 Å². The summed E-state index contributed by atoms with van der Waals surface area (Å²) in [6, 6.07) is 0. The molecule has 78 valence electrons. The van der Waals surface area contributed by atoms with Crippen molar-refractivity contribution in [3.05, 3.63) is 5.01 Å². The molecule has 0 radical (unpaired) electrons. The summed E-state index contributed by atoms with van der Waals surface area (Å²) in [6.07, 6.45) is 1.60. The van der Waals surface area contributed by atoms with E-state index in [1.807, 2.05) is 13.8 Å². The Kier molecular flexibility index (Phi) is 4.47. The number of halogens is 1. The Morgan fingerprint density at radius 1 is 1.57 bits per heavy atom. The van der Waals surface area contributed by atoms with Crippen LogP contribution in [0.15, 0.2) is 0 Å². The molecule has 14 heavy (non-hydrogen) atoms. The second kappa shape index (κ2) is 5.41. The number of aromatic nitrogens is 2. The van der Waals surface area contributed by atoms with Crippen LogP contribution in [0.1, 0.15) is 25.3 Å². The van der Waals surface area contributed by atoms with Gasteiger partial charge in [0, 0.05) is 0 Å². The largest absolute Gasteiger partial charge is 0.300 e. The van der Waals surface area contributed by atoms with Gasteiger partial charge in [0.2, 0.25) is 11.0 Å². The van der Waals surface area contributed by atoms with E-state index in [-0.39, 0.29) is 10.7 Å². The lowest BCUT2D eigenvalue weighted by atomic mass is 10.3. The molecular formula is C8H12BrN3OS. The standard InChI is InChI=1S/C8H12BrN3OS/c1-3-5(9)7(13)10-8-12-11-6(4-2)14-8/h5H,3-4H2,1-2H3,(H,10,12,13)/t5-/m1/s1. The summed E-state index contributed by atoms with van der Waals surface area (Å²) in [5.74, 6) is -0.0636. The Balaban J connectivity index is 2.56. The maximum Gasteiger partial charge on any atom is 0.239 e. The molecule has 0 bridgehead atoms. The van der Waals surface area contributed by atoms with E-state index in [4.69, 9.17) is 0 Å². The molecule has 0 aliphatic heterocycles. The van der Waals surface area contributed by atoms with Gasteiger partial charge in [0.15, 0.2) is 0 Å². The van der Waals surface area contributed by atoms with Crippen molar-refractivity contribution in [3.63, 3.8) is 0 Å². The first-order chi connectivity index (χ1) is 6.67. The maximum atomic E-state index is 11.4. The Labute approximate surface area is 95.2 Å². The zero-order valence-electron chi connectivity index (χ0n) is 8.08. The quantitative estimate of drug-likeness (QED) is 0.859. The number of aryl methyl sites for hydroxylation is 1. The normalized spacial score (nSPS) is 12.5. The van der Waals surface area contributed by atoms with Gasteiger partial charge in [0.1, 0.15) is 5.01 Å². The number of anilines is 1. The lowest BCUT2D eigenvalue weighted by molar-refractivity contribution is -0.115. The van der Waals surface area contributed by atoms with Gasteiger partial charge in [-0.1, -0.05) is 41.1 Å². The predicted molar refractivity (Wildman–Crippen MR) is 60.9 cm³/mol.